The van der Waals surface area contributed by atoms with Crippen molar-refractivity contribution < 1.29 is 5.11 Å². The standard InChI is InChI=1S/C16H25NO/c1-13-9-14(2)11-15(10-13)12-17-7-4-5-16(3,18)6-8-17/h9-11,18H,4-8,12H2,1-3H3. The van der Waals surface area contributed by atoms with Crippen molar-refractivity contribution in [2.24, 2.45) is 0 Å². The molecule has 1 aromatic rings. The second kappa shape index (κ2) is 5.41. The summed E-state index contributed by atoms with van der Waals surface area (Å²) in [6.07, 6.45) is 2.91. The summed E-state index contributed by atoms with van der Waals surface area (Å²) in [5.74, 6) is 0. The molecule has 0 radical (unpaired) electrons. The van der Waals surface area contributed by atoms with E-state index in [1.54, 1.807) is 0 Å². The van der Waals surface area contributed by atoms with E-state index in [9.17, 15) is 5.11 Å². The van der Waals surface area contributed by atoms with Crippen LogP contribution in [0.2, 0.25) is 0 Å². The Bertz CT molecular complexity index is 391. The van der Waals surface area contributed by atoms with Gasteiger partial charge in [-0.3, -0.25) is 4.90 Å². The molecule has 100 valence electrons. The van der Waals surface area contributed by atoms with Gasteiger partial charge in [-0.2, -0.15) is 0 Å². The summed E-state index contributed by atoms with van der Waals surface area (Å²) in [4.78, 5) is 2.47. The molecule has 0 amide bonds. The Hall–Kier alpha value is -0.860. The van der Waals surface area contributed by atoms with Crippen LogP contribution in [0.3, 0.4) is 0 Å². The Kier molecular flexibility index (Phi) is 4.08. The summed E-state index contributed by atoms with van der Waals surface area (Å²) in [5.41, 5.74) is 3.62. The quantitative estimate of drug-likeness (QED) is 0.868. The molecule has 2 heteroatoms. The smallest absolute Gasteiger partial charge is 0.0632 e. The number of hydrogen-bond donors (Lipinski definition) is 1. The first-order valence-electron chi connectivity index (χ1n) is 6.97. The van der Waals surface area contributed by atoms with E-state index < -0.39 is 5.60 Å². The first-order valence-corrected chi connectivity index (χ1v) is 6.97. The maximum absolute atomic E-state index is 10.1. The highest BCUT2D eigenvalue weighted by atomic mass is 16.3. The topological polar surface area (TPSA) is 23.5 Å². The fraction of sp³-hybridized carbons (Fsp3) is 0.625. The number of aryl methyl sites for hydroxylation is 2. The lowest BCUT2D eigenvalue weighted by atomic mass is 9.98. The van der Waals surface area contributed by atoms with Crippen molar-refractivity contribution >= 4 is 0 Å². The lowest BCUT2D eigenvalue weighted by Gasteiger charge is -2.22. The number of likely N-dealkylation sites (tertiary alicyclic amines) is 1. The average molecular weight is 247 g/mol. The molecule has 0 aliphatic carbocycles. The summed E-state index contributed by atoms with van der Waals surface area (Å²) in [7, 11) is 0. The maximum Gasteiger partial charge on any atom is 0.0632 e. The molecular formula is C16H25NO. The molecule has 1 heterocycles. The van der Waals surface area contributed by atoms with Crippen LogP contribution in [0, 0.1) is 13.8 Å². The van der Waals surface area contributed by atoms with E-state index >= 15 is 0 Å². The zero-order chi connectivity index (χ0) is 13.2. The zero-order valence-corrected chi connectivity index (χ0v) is 11.9. The van der Waals surface area contributed by atoms with Crippen molar-refractivity contribution in [1.82, 2.24) is 4.90 Å². The van der Waals surface area contributed by atoms with Crippen LogP contribution in [-0.4, -0.2) is 28.7 Å². The van der Waals surface area contributed by atoms with Gasteiger partial charge in [0.15, 0.2) is 0 Å². The molecule has 0 spiro atoms. The van der Waals surface area contributed by atoms with Gasteiger partial charge in [0.05, 0.1) is 5.60 Å². The summed E-state index contributed by atoms with van der Waals surface area (Å²) < 4.78 is 0. The normalized spacial score (nSPS) is 26.0. The largest absolute Gasteiger partial charge is 0.390 e. The molecule has 1 aliphatic rings. The number of benzene rings is 1. The number of aliphatic hydroxyl groups is 1. The van der Waals surface area contributed by atoms with E-state index in [-0.39, 0.29) is 0 Å². The van der Waals surface area contributed by atoms with Crippen molar-refractivity contribution in [2.75, 3.05) is 13.1 Å². The highest BCUT2D eigenvalue weighted by Gasteiger charge is 2.24. The predicted octanol–water partition coefficient (Wildman–Crippen LogP) is 3.04. The molecule has 1 fully saturated rings. The lowest BCUT2D eigenvalue weighted by Crippen LogP contribution is -2.28. The lowest BCUT2D eigenvalue weighted by molar-refractivity contribution is 0.0444. The highest BCUT2D eigenvalue weighted by molar-refractivity contribution is 5.28. The van der Waals surface area contributed by atoms with Crippen LogP contribution in [0.15, 0.2) is 18.2 Å². The molecule has 0 aromatic heterocycles. The Morgan fingerprint density at radius 3 is 2.44 bits per heavy atom. The second-order valence-corrected chi connectivity index (χ2v) is 6.12. The average Bonchev–Trinajstić information content (AvgIpc) is 2.39. The van der Waals surface area contributed by atoms with E-state index in [1.165, 1.54) is 16.7 Å². The molecule has 1 saturated heterocycles. The van der Waals surface area contributed by atoms with Gasteiger partial charge in [0, 0.05) is 13.1 Å². The molecule has 1 N–H and O–H groups in total. The fourth-order valence-electron chi connectivity index (χ4n) is 2.90. The number of hydrogen-bond acceptors (Lipinski definition) is 2. The third-order valence-corrected chi connectivity index (χ3v) is 3.84. The number of rotatable bonds is 2. The third-order valence-electron chi connectivity index (χ3n) is 3.84. The minimum atomic E-state index is -0.461. The molecule has 1 unspecified atom stereocenters. The summed E-state index contributed by atoms with van der Waals surface area (Å²) in [6.45, 7) is 9.39. The Balaban J connectivity index is 2.00. The maximum atomic E-state index is 10.1. The monoisotopic (exact) mass is 247 g/mol. The highest BCUT2D eigenvalue weighted by Crippen LogP contribution is 2.22. The van der Waals surface area contributed by atoms with Crippen LogP contribution >= 0.6 is 0 Å². The van der Waals surface area contributed by atoms with Crippen LogP contribution in [0.5, 0.6) is 0 Å². The Morgan fingerprint density at radius 2 is 1.78 bits per heavy atom. The van der Waals surface area contributed by atoms with Gasteiger partial charge in [-0.15, -0.1) is 0 Å². The summed E-state index contributed by atoms with van der Waals surface area (Å²) >= 11 is 0. The van der Waals surface area contributed by atoms with E-state index in [2.05, 4.69) is 36.9 Å². The van der Waals surface area contributed by atoms with Crippen LogP contribution < -0.4 is 0 Å². The minimum Gasteiger partial charge on any atom is -0.390 e. The van der Waals surface area contributed by atoms with Gasteiger partial charge >= 0.3 is 0 Å². The first-order chi connectivity index (χ1) is 8.44. The number of nitrogens with zero attached hydrogens (tertiary/aromatic N) is 1. The molecule has 18 heavy (non-hydrogen) atoms. The van der Waals surface area contributed by atoms with Gasteiger partial charge in [0.2, 0.25) is 0 Å². The van der Waals surface area contributed by atoms with E-state index in [4.69, 9.17) is 0 Å². The zero-order valence-electron chi connectivity index (χ0n) is 11.9. The van der Waals surface area contributed by atoms with Gasteiger partial charge in [-0.05, 0) is 52.1 Å². The van der Waals surface area contributed by atoms with E-state index in [1.807, 2.05) is 6.92 Å². The SMILES string of the molecule is Cc1cc(C)cc(CN2CCCC(C)(O)CC2)c1. The van der Waals surface area contributed by atoms with Gasteiger partial charge < -0.3 is 5.11 Å². The first kappa shape index (κ1) is 13.6. The third kappa shape index (κ3) is 3.82. The predicted molar refractivity (Wildman–Crippen MR) is 75.7 cm³/mol. The van der Waals surface area contributed by atoms with Crippen LogP contribution in [0.1, 0.15) is 42.9 Å². The van der Waals surface area contributed by atoms with Crippen molar-refractivity contribution in [2.45, 2.75) is 52.2 Å². The van der Waals surface area contributed by atoms with Crippen molar-refractivity contribution in [3.8, 4) is 0 Å². The van der Waals surface area contributed by atoms with E-state index in [0.717, 1.165) is 38.9 Å². The molecule has 1 aromatic carbocycles. The fourth-order valence-corrected chi connectivity index (χ4v) is 2.90. The molecule has 1 aliphatic heterocycles. The van der Waals surface area contributed by atoms with Crippen LogP contribution in [0.25, 0.3) is 0 Å². The molecule has 0 bridgehead atoms. The van der Waals surface area contributed by atoms with Crippen molar-refractivity contribution in [3.63, 3.8) is 0 Å². The van der Waals surface area contributed by atoms with Crippen LogP contribution in [-0.2, 0) is 6.54 Å². The van der Waals surface area contributed by atoms with Gasteiger partial charge in [0.25, 0.3) is 0 Å². The molecule has 2 nitrogen and oxygen atoms in total. The molecule has 0 saturated carbocycles. The second-order valence-electron chi connectivity index (χ2n) is 6.12. The van der Waals surface area contributed by atoms with Crippen molar-refractivity contribution in [1.29, 1.82) is 0 Å². The van der Waals surface area contributed by atoms with Gasteiger partial charge in [0.1, 0.15) is 0 Å². The Morgan fingerprint density at radius 1 is 1.11 bits per heavy atom. The van der Waals surface area contributed by atoms with Gasteiger partial charge in [-0.25, -0.2) is 0 Å². The molecular weight excluding hydrogens is 222 g/mol. The van der Waals surface area contributed by atoms with E-state index in [0.29, 0.717) is 0 Å². The van der Waals surface area contributed by atoms with Crippen LogP contribution in [0.4, 0.5) is 0 Å². The van der Waals surface area contributed by atoms with Gasteiger partial charge in [-0.1, -0.05) is 29.3 Å². The minimum absolute atomic E-state index is 0.461. The van der Waals surface area contributed by atoms with Crippen molar-refractivity contribution in [3.05, 3.63) is 34.9 Å². The Labute approximate surface area is 111 Å². The summed E-state index contributed by atoms with van der Waals surface area (Å²) in [5, 5.41) is 10.1. The molecule has 2 rings (SSSR count). The summed E-state index contributed by atoms with van der Waals surface area (Å²) in [6, 6.07) is 6.77. The molecule has 1 atom stereocenters.